The maximum absolute atomic E-state index is 12.9. The number of piperidine rings is 1. The van der Waals surface area contributed by atoms with E-state index in [4.69, 9.17) is 19.8 Å². The van der Waals surface area contributed by atoms with Crippen molar-refractivity contribution in [3.63, 3.8) is 0 Å². The number of likely N-dealkylation sites (tertiary alicyclic amines) is 1. The molecule has 182 valence electrons. The van der Waals surface area contributed by atoms with Gasteiger partial charge in [-0.2, -0.15) is 0 Å². The smallest absolute Gasteiger partial charge is 0.414 e. The van der Waals surface area contributed by atoms with Crippen LogP contribution in [0.15, 0.2) is 60.7 Å². The van der Waals surface area contributed by atoms with Crippen LogP contribution in [0.3, 0.4) is 0 Å². The second-order valence-electron chi connectivity index (χ2n) is 8.19. The maximum atomic E-state index is 12.9. The van der Waals surface area contributed by atoms with Crippen LogP contribution in [0.1, 0.15) is 38.7 Å². The van der Waals surface area contributed by atoms with Gasteiger partial charge < -0.3 is 15.1 Å². The lowest BCUT2D eigenvalue weighted by Gasteiger charge is -2.47. The lowest BCUT2D eigenvalue weighted by molar-refractivity contribution is -0.159. The molecule has 0 saturated carbocycles. The number of carboxylic acid groups (broad SMARTS) is 2. The summed E-state index contributed by atoms with van der Waals surface area (Å²) in [6, 6.07) is 20.1. The minimum atomic E-state index is -1.82. The first kappa shape index (κ1) is 26.7. The predicted molar refractivity (Wildman–Crippen MR) is 129 cm³/mol. The number of carbonyl (C=O) groups is 4. The van der Waals surface area contributed by atoms with Crippen molar-refractivity contribution in [2.24, 2.45) is 0 Å². The summed E-state index contributed by atoms with van der Waals surface area (Å²) in [5, 5.41) is 14.8. The number of carbonyl (C=O) groups excluding carboxylic acids is 2. The monoisotopic (exact) mass is 468 g/mol. The molecule has 0 aromatic heterocycles. The SMILES string of the molecule is CCC(=O)N(c1ccccc1)C1(C(C)=O)CCN(CCc2ccccc2)CC1.O=C(O)C(=O)O. The lowest BCUT2D eigenvalue weighted by atomic mass is 9.81. The number of ketones is 1. The van der Waals surface area contributed by atoms with Crippen LogP contribution in [0, 0.1) is 0 Å². The van der Waals surface area contributed by atoms with Gasteiger partial charge in [0.25, 0.3) is 0 Å². The summed E-state index contributed by atoms with van der Waals surface area (Å²) in [6.45, 7) is 6.13. The first-order valence-electron chi connectivity index (χ1n) is 11.3. The quantitative estimate of drug-likeness (QED) is 0.599. The molecule has 2 N–H and O–H groups in total. The fraction of sp³-hybridized carbons (Fsp3) is 0.385. The van der Waals surface area contributed by atoms with Gasteiger partial charge in [0.2, 0.25) is 5.91 Å². The third-order valence-corrected chi connectivity index (χ3v) is 6.08. The molecule has 0 aliphatic carbocycles. The largest absolute Gasteiger partial charge is 0.473 e. The Balaban J connectivity index is 0.000000604. The molecule has 8 heteroatoms. The second-order valence-corrected chi connectivity index (χ2v) is 8.19. The fourth-order valence-electron chi connectivity index (χ4n) is 4.18. The van der Waals surface area contributed by atoms with Crippen molar-refractivity contribution < 1.29 is 29.4 Å². The first-order valence-corrected chi connectivity index (χ1v) is 11.3. The Kier molecular flexibility index (Phi) is 9.94. The number of amides is 1. The van der Waals surface area contributed by atoms with Crippen LogP contribution in [0.4, 0.5) is 5.69 Å². The van der Waals surface area contributed by atoms with Gasteiger partial charge in [-0.3, -0.25) is 14.5 Å². The van der Waals surface area contributed by atoms with Gasteiger partial charge in [-0.1, -0.05) is 55.5 Å². The molecule has 3 rings (SSSR count). The number of aliphatic carboxylic acids is 2. The molecule has 0 unspecified atom stereocenters. The summed E-state index contributed by atoms with van der Waals surface area (Å²) in [5.41, 5.74) is 1.41. The van der Waals surface area contributed by atoms with Crippen LogP contribution in [0.25, 0.3) is 0 Å². The van der Waals surface area contributed by atoms with Gasteiger partial charge in [0.05, 0.1) is 0 Å². The van der Waals surface area contributed by atoms with E-state index in [1.54, 1.807) is 11.8 Å². The van der Waals surface area contributed by atoms with E-state index in [2.05, 4.69) is 29.2 Å². The van der Waals surface area contributed by atoms with E-state index in [0.29, 0.717) is 19.3 Å². The zero-order valence-corrected chi connectivity index (χ0v) is 19.6. The van der Waals surface area contributed by atoms with Gasteiger partial charge in [-0.15, -0.1) is 0 Å². The molecule has 2 aromatic rings. The van der Waals surface area contributed by atoms with Crippen molar-refractivity contribution in [3.8, 4) is 0 Å². The van der Waals surface area contributed by atoms with E-state index in [1.165, 1.54) is 5.56 Å². The minimum Gasteiger partial charge on any atom is -0.473 e. The molecule has 8 nitrogen and oxygen atoms in total. The van der Waals surface area contributed by atoms with Crippen LogP contribution in [-0.4, -0.2) is 63.9 Å². The third-order valence-electron chi connectivity index (χ3n) is 6.08. The third kappa shape index (κ3) is 6.99. The number of benzene rings is 2. The second kappa shape index (κ2) is 12.6. The molecule has 34 heavy (non-hydrogen) atoms. The summed E-state index contributed by atoms with van der Waals surface area (Å²) < 4.78 is 0. The van der Waals surface area contributed by atoms with Gasteiger partial charge >= 0.3 is 11.9 Å². The Bertz CT molecular complexity index is 957. The Labute approximate surface area is 199 Å². The molecule has 1 aliphatic rings. The molecular formula is C26H32N2O6. The van der Waals surface area contributed by atoms with Crippen LogP contribution in [0.5, 0.6) is 0 Å². The topological polar surface area (TPSA) is 115 Å². The van der Waals surface area contributed by atoms with Gasteiger partial charge in [-0.25, -0.2) is 9.59 Å². The Hall–Kier alpha value is -3.52. The zero-order valence-electron chi connectivity index (χ0n) is 19.6. The number of carboxylic acids is 2. The molecule has 1 amide bonds. The summed E-state index contributed by atoms with van der Waals surface area (Å²) in [6.07, 6.45) is 2.75. The normalized spacial score (nSPS) is 14.9. The van der Waals surface area contributed by atoms with E-state index in [0.717, 1.165) is 31.7 Å². The van der Waals surface area contributed by atoms with E-state index in [-0.39, 0.29) is 11.7 Å². The van der Waals surface area contributed by atoms with E-state index < -0.39 is 17.5 Å². The lowest BCUT2D eigenvalue weighted by Crippen LogP contribution is -2.61. The number of nitrogens with zero attached hydrogens (tertiary/aromatic N) is 2. The highest BCUT2D eigenvalue weighted by atomic mass is 16.4. The average Bonchev–Trinajstić information content (AvgIpc) is 2.85. The number of anilines is 1. The summed E-state index contributed by atoms with van der Waals surface area (Å²) in [7, 11) is 0. The summed E-state index contributed by atoms with van der Waals surface area (Å²) in [5.74, 6) is -3.55. The van der Waals surface area contributed by atoms with E-state index in [9.17, 15) is 9.59 Å². The van der Waals surface area contributed by atoms with E-state index in [1.807, 2.05) is 43.3 Å². The molecule has 0 radical (unpaired) electrons. The number of para-hydroxylation sites is 1. The molecule has 0 spiro atoms. The Morgan fingerprint density at radius 2 is 1.38 bits per heavy atom. The molecule has 1 heterocycles. The van der Waals surface area contributed by atoms with Gasteiger partial charge in [0.15, 0.2) is 5.78 Å². The van der Waals surface area contributed by atoms with Crippen molar-refractivity contribution in [2.75, 3.05) is 24.5 Å². The van der Waals surface area contributed by atoms with Crippen molar-refractivity contribution >= 4 is 29.3 Å². The molecule has 1 aliphatic heterocycles. The highest BCUT2D eigenvalue weighted by molar-refractivity contribution is 6.27. The number of rotatable bonds is 7. The standard InChI is InChI=1S/C24H30N2O2.C2H2O4/c1-3-23(28)26(22-12-8-5-9-13-22)24(20(2)27)15-18-25(19-16-24)17-14-21-10-6-4-7-11-21;3-1(4)2(5)6/h4-13H,3,14-19H2,1-2H3;(H,3,4)(H,5,6). The van der Waals surface area contributed by atoms with Gasteiger partial charge in [-0.05, 0) is 43.9 Å². The zero-order chi connectivity index (χ0) is 25.1. The Morgan fingerprint density at radius 3 is 1.82 bits per heavy atom. The number of hydrogen-bond acceptors (Lipinski definition) is 5. The molecule has 1 saturated heterocycles. The molecule has 1 fully saturated rings. The molecule has 2 aromatic carbocycles. The average molecular weight is 469 g/mol. The van der Waals surface area contributed by atoms with Crippen molar-refractivity contribution in [1.82, 2.24) is 4.90 Å². The van der Waals surface area contributed by atoms with Crippen LogP contribution >= 0.6 is 0 Å². The maximum Gasteiger partial charge on any atom is 0.414 e. The van der Waals surface area contributed by atoms with Crippen molar-refractivity contribution in [1.29, 1.82) is 0 Å². The van der Waals surface area contributed by atoms with Crippen LogP contribution < -0.4 is 4.90 Å². The predicted octanol–water partition coefficient (Wildman–Crippen LogP) is 3.25. The minimum absolute atomic E-state index is 0.0131. The van der Waals surface area contributed by atoms with Gasteiger partial charge in [0, 0.05) is 31.7 Å². The van der Waals surface area contributed by atoms with Crippen molar-refractivity contribution in [2.45, 2.75) is 45.1 Å². The summed E-state index contributed by atoms with van der Waals surface area (Å²) in [4.78, 5) is 48.1. The molecule has 0 bridgehead atoms. The highest BCUT2D eigenvalue weighted by Gasteiger charge is 2.46. The Morgan fingerprint density at radius 1 is 0.882 bits per heavy atom. The van der Waals surface area contributed by atoms with Crippen LogP contribution in [0.2, 0.25) is 0 Å². The highest BCUT2D eigenvalue weighted by Crippen LogP contribution is 2.35. The van der Waals surface area contributed by atoms with Crippen LogP contribution in [-0.2, 0) is 25.6 Å². The first-order chi connectivity index (χ1) is 16.2. The van der Waals surface area contributed by atoms with Gasteiger partial charge in [0.1, 0.15) is 5.54 Å². The number of hydrogen-bond donors (Lipinski definition) is 2. The number of Topliss-reactive ketones (excluding diaryl/α,β-unsaturated/α-hetero) is 1. The van der Waals surface area contributed by atoms with E-state index >= 15 is 0 Å². The summed E-state index contributed by atoms with van der Waals surface area (Å²) >= 11 is 0. The fourth-order valence-corrected chi connectivity index (χ4v) is 4.18. The molecular weight excluding hydrogens is 436 g/mol. The van der Waals surface area contributed by atoms with Crippen molar-refractivity contribution in [3.05, 3.63) is 66.2 Å². The molecule has 0 atom stereocenters.